The number of hydrogen-bond donors (Lipinski definition) is 1. The molecule has 2 N–H and O–H groups in total. The number of benzene rings is 1. The molecule has 1 unspecified atom stereocenters. The number of ketones is 1. The first-order chi connectivity index (χ1) is 12.6. The Bertz CT molecular complexity index is 738. The van der Waals surface area contributed by atoms with Crippen LogP contribution >= 0.6 is 0 Å². The number of nitrogens with two attached hydrogens (primary N) is 1. The summed E-state index contributed by atoms with van der Waals surface area (Å²) >= 11 is 0. The lowest BCUT2D eigenvalue weighted by Gasteiger charge is -2.26. The van der Waals surface area contributed by atoms with E-state index < -0.39 is 28.8 Å². The molecule has 6 heteroatoms. The van der Waals surface area contributed by atoms with Crippen LogP contribution in [0.2, 0.25) is 0 Å². The van der Waals surface area contributed by atoms with E-state index in [1.807, 2.05) is 34.6 Å². The number of carbonyl (C=O) groups excluding carboxylic acids is 3. The van der Waals surface area contributed by atoms with Crippen molar-refractivity contribution in [2.45, 2.75) is 67.9 Å². The van der Waals surface area contributed by atoms with Crippen molar-refractivity contribution in [3.8, 4) is 11.5 Å². The third-order valence-corrected chi connectivity index (χ3v) is 4.06. The zero-order chi connectivity index (χ0) is 21.9. The molecule has 0 aliphatic rings. The maximum atomic E-state index is 12.7. The summed E-state index contributed by atoms with van der Waals surface area (Å²) < 4.78 is 10.8. The number of hydrogen-bond acceptors (Lipinski definition) is 6. The molecule has 1 atom stereocenters. The Hall–Kier alpha value is -2.21. The second-order valence-electron chi connectivity index (χ2n) is 9.58. The van der Waals surface area contributed by atoms with Gasteiger partial charge in [0.25, 0.3) is 0 Å². The molecule has 1 aromatic carbocycles. The van der Waals surface area contributed by atoms with Crippen LogP contribution in [0.1, 0.15) is 72.2 Å². The first-order valence-electron chi connectivity index (χ1n) is 9.49. The smallest absolute Gasteiger partial charge is 0.316 e. The van der Waals surface area contributed by atoms with Crippen LogP contribution in [0.4, 0.5) is 0 Å². The number of Topliss-reactive ketones (excluding diaryl/α,β-unsaturated/α-hetero) is 1. The highest BCUT2D eigenvalue weighted by atomic mass is 16.6. The molecule has 0 radical (unpaired) electrons. The van der Waals surface area contributed by atoms with Gasteiger partial charge in [-0.3, -0.25) is 14.4 Å². The van der Waals surface area contributed by atoms with E-state index in [1.54, 1.807) is 20.8 Å². The number of carbonyl (C=O) groups is 3. The average molecular weight is 392 g/mol. The van der Waals surface area contributed by atoms with Crippen LogP contribution in [-0.4, -0.2) is 23.8 Å². The highest BCUT2D eigenvalue weighted by molar-refractivity contribution is 6.01. The van der Waals surface area contributed by atoms with Crippen LogP contribution in [0, 0.1) is 16.7 Å². The summed E-state index contributed by atoms with van der Waals surface area (Å²) in [6.07, 6.45) is 0.201. The van der Waals surface area contributed by atoms with Gasteiger partial charge in [-0.05, 0) is 50.3 Å². The largest absolute Gasteiger partial charge is 0.422 e. The Morgan fingerprint density at radius 2 is 1.54 bits per heavy atom. The fourth-order valence-electron chi connectivity index (χ4n) is 2.15. The van der Waals surface area contributed by atoms with Gasteiger partial charge in [-0.15, -0.1) is 0 Å². The van der Waals surface area contributed by atoms with E-state index in [0.29, 0.717) is 5.56 Å². The second-order valence-corrected chi connectivity index (χ2v) is 9.58. The molecule has 1 rings (SSSR count). The van der Waals surface area contributed by atoms with Gasteiger partial charge < -0.3 is 15.2 Å². The SMILES string of the molecule is CC(C)CC(=O)Oc1cc(C(=O)C(N)C(C)(C)C)ccc1OC(=O)C(C)(C)C. The van der Waals surface area contributed by atoms with Gasteiger partial charge in [-0.2, -0.15) is 0 Å². The Morgan fingerprint density at radius 1 is 0.964 bits per heavy atom. The Balaban J connectivity index is 3.28. The van der Waals surface area contributed by atoms with Gasteiger partial charge >= 0.3 is 11.9 Å². The van der Waals surface area contributed by atoms with Gasteiger partial charge in [0.1, 0.15) is 0 Å². The molecule has 0 saturated carbocycles. The molecule has 0 aliphatic carbocycles. The van der Waals surface area contributed by atoms with Gasteiger partial charge in [0.05, 0.1) is 11.5 Å². The zero-order valence-corrected chi connectivity index (χ0v) is 18.2. The monoisotopic (exact) mass is 391 g/mol. The highest BCUT2D eigenvalue weighted by Gasteiger charge is 2.30. The third-order valence-electron chi connectivity index (χ3n) is 4.06. The highest BCUT2D eigenvalue weighted by Crippen LogP contribution is 2.32. The summed E-state index contributed by atoms with van der Waals surface area (Å²) in [5, 5.41) is 0. The number of rotatable bonds is 6. The van der Waals surface area contributed by atoms with E-state index in [1.165, 1.54) is 18.2 Å². The summed E-state index contributed by atoms with van der Waals surface area (Å²) in [7, 11) is 0. The molecule has 0 spiro atoms. The van der Waals surface area contributed by atoms with Gasteiger partial charge in [-0.1, -0.05) is 34.6 Å². The summed E-state index contributed by atoms with van der Waals surface area (Å²) in [5.74, 6) is -0.977. The molecule has 6 nitrogen and oxygen atoms in total. The Morgan fingerprint density at radius 3 is 2.00 bits per heavy atom. The van der Waals surface area contributed by atoms with Crippen LogP contribution in [0.5, 0.6) is 11.5 Å². The minimum absolute atomic E-state index is 0.0372. The number of ether oxygens (including phenoxy) is 2. The van der Waals surface area contributed by atoms with Crippen molar-refractivity contribution in [1.29, 1.82) is 0 Å². The van der Waals surface area contributed by atoms with Crippen molar-refractivity contribution in [3.05, 3.63) is 23.8 Å². The van der Waals surface area contributed by atoms with E-state index in [0.717, 1.165) is 0 Å². The molecule has 0 heterocycles. The lowest BCUT2D eigenvalue weighted by molar-refractivity contribution is -0.143. The van der Waals surface area contributed by atoms with Gasteiger partial charge in [0, 0.05) is 12.0 Å². The summed E-state index contributed by atoms with van der Waals surface area (Å²) in [6, 6.07) is 3.68. The summed E-state index contributed by atoms with van der Waals surface area (Å²) in [4.78, 5) is 37.1. The molecule has 0 bridgehead atoms. The standard InChI is InChI=1S/C22H33NO5/c1-13(2)11-17(24)27-16-12-14(18(25)19(23)21(3,4)5)9-10-15(16)28-20(26)22(6,7)8/h9-10,12-13,19H,11,23H2,1-8H3. The predicted octanol–water partition coefficient (Wildman–Crippen LogP) is 4.15. The van der Waals surface area contributed by atoms with Crippen molar-refractivity contribution < 1.29 is 23.9 Å². The van der Waals surface area contributed by atoms with Crippen LogP contribution in [0.3, 0.4) is 0 Å². The van der Waals surface area contributed by atoms with Gasteiger partial charge in [0.2, 0.25) is 0 Å². The topological polar surface area (TPSA) is 95.7 Å². The van der Waals surface area contributed by atoms with Crippen molar-refractivity contribution >= 4 is 17.7 Å². The first kappa shape index (κ1) is 23.8. The molecular formula is C22H33NO5. The minimum Gasteiger partial charge on any atom is -0.422 e. The molecule has 1 aromatic rings. The molecule has 156 valence electrons. The van der Waals surface area contributed by atoms with E-state index in [2.05, 4.69) is 0 Å². The van der Waals surface area contributed by atoms with Gasteiger partial charge in [-0.25, -0.2) is 0 Å². The lowest BCUT2D eigenvalue weighted by Crippen LogP contribution is -2.42. The Labute approximate surface area is 167 Å². The van der Waals surface area contributed by atoms with Crippen LogP contribution in [0.25, 0.3) is 0 Å². The average Bonchev–Trinajstić information content (AvgIpc) is 2.52. The van der Waals surface area contributed by atoms with Crippen LogP contribution in [-0.2, 0) is 9.59 Å². The van der Waals surface area contributed by atoms with E-state index in [-0.39, 0.29) is 29.6 Å². The molecule has 0 aliphatic heterocycles. The number of esters is 2. The summed E-state index contributed by atoms with van der Waals surface area (Å²) in [5.41, 5.74) is 5.21. The molecule has 0 saturated heterocycles. The first-order valence-corrected chi connectivity index (χ1v) is 9.49. The van der Waals surface area contributed by atoms with Crippen molar-refractivity contribution in [3.63, 3.8) is 0 Å². The van der Waals surface area contributed by atoms with Gasteiger partial charge in [0.15, 0.2) is 17.3 Å². The second kappa shape index (κ2) is 8.86. The lowest BCUT2D eigenvalue weighted by atomic mass is 9.83. The quantitative estimate of drug-likeness (QED) is 0.445. The Kier molecular flexibility index (Phi) is 7.54. The molecule has 0 amide bonds. The normalized spacial score (nSPS) is 13.2. The molecule has 0 fully saturated rings. The van der Waals surface area contributed by atoms with Crippen molar-refractivity contribution in [2.24, 2.45) is 22.5 Å². The molecule has 28 heavy (non-hydrogen) atoms. The van der Waals surface area contributed by atoms with E-state index >= 15 is 0 Å². The van der Waals surface area contributed by atoms with Crippen molar-refractivity contribution in [2.75, 3.05) is 0 Å². The fraction of sp³-hybridized carbons (Fsp3) is 0.591. The minimum atomic E-state index is -0.734. The predicted molar refractivity (Wildman–Crippen MR) is 108 cm³/mol. The maximum Gasteiger partial charge on any atom is 0.316 e. The van der Waals surface area contributed by atoms with Crippen molar-refractivity contribution in [1.82, 2.24) is 0 Å². The fourth-order valence-corrected chi connectivity index (χ4v) is 2.15. The zero-order valence-electron chi connectivity index (χ0n) is 18.2. The third kappa shape index (κ3) is 6.75. The van der Waals surface area contributed by atoms with Crippen LogP contribution < -0.4 is 15.2 Å². The summed E-state index contributed by atoms with van der Waals surface area (Å²) in [6.45, 7) is 14.6. The molecule has 0 aromatic heterocycles. The molecular weight excluding hydrogens is 358 g/mol. The van der Waals surface area contributed by atoms with Crippen LogP contribution in [0.15, 0.2) is 18.2 Å². The maximum absolute atomic E-state index is 12.7. The van der Waals surface area contributed by atoms with E-state index in [9.17, 15) is 14.4 Å². The van der Waals surface area contributed by atoms with E-state index in [4.69, 9.17) is 15.2 Å².